The van der Waals surface area contributed by atoms with E-state index in [0.717, 1.165) is 36.3 Å². The second-order valence-electron chi connectivity index (χ2n) is 12.0. The number of Topliss-reactive ketones (excluding diaryl/α,β-unsaturated/α-hetero) is 2. The zero-order valence-electron chi connectivity index (χ0n) is 24.0. The van der Waals surface area contributed by atoms with Gasteiger partial charge in [-0.15, -0.1) is 0 Å². The maximum atomic E-state index is 14.0. The largest absolute Gasteiger partial charge is 0.510 e. The number of allylic oxidation sites excluding steroid dienone is 1. The molecule has 1 aliphatic heterocycles. The van der Waals surface area contributed by atoms with Gasteiger partial charge in [0.05, 0.1) is 24.8 Å². The van der Waals surface area contributed by atoms with E-state index in [1.807, 2.05) is 18.2 Å². The van der Waals surface area contributed by atoms with Crippen LogP contribution < -0.4 is 5.73 Å². The minimum atomic E-state index is -2.66. The first-order valence-electron chi connectivity index (χ1n) is 14.3. The first-order valence-corrected chi connectivity index (χ1v) is 14.3. The number of carbonyl (C=O) groups excluding carboxylic acids is 3. The Morgan fingerprint density at radius 1 is 1.12 bits per heavy atom. The lowest BCUT2D eigenvalue weighted by Gasteiger charge is -2.50. The van der Waals surface area contributed by atoms with Crippen LogP contribution in [0, 0.1) is 11.8 Å². The van der Waals surface area contributed by atoms with Crippen LogP contribution in [0.4, 0.5) is 0 Å². The molecule has 0 spiro atoms. The lowest BCUT2D eigenvalue weighted by Crippen LogP contribution is -2.63. The molecule has 2 aromatic carbocycles. The van der Waals surface area contributed by atoms with E-state index < -0.39 is 58.0 Å². The number of morpholine rings is 1. The van der Waals surface area contributed by atoms with Crippen LogP contribution in [-0.4, -0.2) is 99.7 Å². The summed E-state index contributed by atoms with van der Waals surface area (Å²) in [5.41, 5.74) is 5.05. The van der Waals surface area contributed by atoms with Crippen molar-refractivity contribution in [1.29, 1.82) is 0 Å². The summed E-state index contributed by atoms with van der Waals surface area (Å²) in [5, 5.41) is 45.1. The van der Waals surface area contributed by atoms with E-state index in [-0.39, 0.29) is 29.7 Å². The van der Waals surface area contributed by atoms with Crippen LogP contribution in [0.1, 0.15) is 27.9 Å². The van der Waals surface area contributed by atoms with Gasteiger partial charge >= 0.3 is 0 Å². The third-order valence-electron chi connectivity index (χ3n) is 9.35. The van der Waals surface area contributed by atoms with E-state index in [2.05, 4.69) is 11.0 Å². The van der Waals surface area contributed by atoms with Crippen LogP contribution in [0.3, 0.4) is 0 Å². The Morgan fingerprint density at radius 3 is 2.51 bits per heavy atom. The molecule has 6 N–H and O–H groups in total. The molecule has 11 heteroatoms. The van der Waals surface area contributed by atoms with Gasteiger partial charge in [0.15, 0.2) is 11.4 Å². The number of ketones is 2. The number of amides is 1. The van der Waals surface area contributed by atoms with Crippen LogP contribution in [0.2, 0.25) is 0 Å². The molecule has 4 aliphatic rings. The highest BCUT2D eigenvalue weighted by Gasteiger charge is 2.63. The van der Waals surface area contributed by atoms with Crippen LogP contribution in [0.25, 0.3) is 11.1 Å². The molecule has 43 heavy (non-hydrogen) atoms. The van der Waals surface area contributed by atoms with Gasteiger partial charge in [0.2, 0.25) is 5.78 Å². The van der Waals surface area contributed by atoms with E-state index in [1.54, 1.807) is 20.2 Å². The fourth-order valence-electron chi connectivity index (χ4n) is 7.38. The van der Waals surface area contributed by atoms with Crippen molar-refractivity contribution in [1.82, 2.24) is 9.80 Å². The van der Waals surface area contributed by atoms with Crippen molar-refractivity contribution in [3.8, 4) is 16.9 Å². The third kappa shape index (κ3) is 4.46. The normalized spacial score (nSPS) is 27.7. The van der Waals surface area contributed by atoms with Gasteiger partial charge in [-0.1, -0.05) is 24.3 Å². The Kier molecular flexibility index (Phi) is 7.16. The second-order valence-corrected chi connectivity index (χ2v) is 12.0. The predicted molar refractivity (Wildman–Crippen MR) is 155 cm³/mol. The minimum Gasteiger partial charge on any atom is -0.510 e. The summed E-state index contributed by atoms with van der Waals surface area (Å²) in [5.74, 6) is -6.65. The molecule has 3 aliphatic carbocycles. The number of hydrogen-bond acceptors (Lipinski definition) is 10. The van der Waals surface area contributed by atoms with Crippen molar-refractivity contribution in [2.75, 3.05) is 40.4 Å². The molecule has 1 fully saturated rings. The topological polar surface area (TPSA) is 174 Å². The van der Waals surface area contributed by atoms with Gasteiger partial charge in [-0.2, -0.15) is 0 Å². The molecule has 226 valence electrons. The fraction of sp³-hybridized carbons (Fsp3) is 0.406. The number of hydrogen-bond donors (Lipinski definition) is 5. The number of nitrogens with two attached hydrogens (primary N) is 1. The molecule has 1 amide bonds. The highest BCUT2D eigenvalue weighted by Crippen LogP contribution is 2.53. The Balaban J connectivity index is 1.45. The van der Waals surface area contributed by atoms with Gasteiger partial charge < -0.3 is 30.9 Å². The summed E-state index contributed by atoms with van der Waals surface area (Å²) in [7, 11) is 3.21. The smallest absolute Gasteiger partial charge is 0.255 e. The molecule has 1 saturated heterocycles. The molecular weight excluding hydrogens is 554 g/mol. The number of phenolic OH excluding ortho intramolecular Hbond substituents is 1. The predicted octanol–water partition coefficient (Wildman–Crippen LogP) is 1.62. The quantitative estimate of drug-likeness (QED) is 0.323. The lowest BCUT2D eigenvalue weighted by atomic mass is 9.58. The number of benzene rings is 2. The molecule has 2 aromatic rings. The van der Waals surface area contributed by atoms with Gasteiger partial charge in [0, 0.05) is 31.1 Å². The number of aliphatic hydroxyl groups is 3. The van der Waals surface area contributed by atoms with Crippen molar-refractivity contribution in [2.45, 2.75) is 31.0 Å². The number of rotatable bonds is 5. The molecule has 0 radical (unpaired) electrons. The average molecular weight is 590 g/mol. The molecule has 0 bridgehead atoms. The summed E-state index contributed by atoms with van der Waals surface area (Å²) in [6.07, 6.45) is 0.268. The fourth-order valence-corrected chi connectivity index (χ4v) is 7.38. The molecule has 0 unspecified atom stereocenters. The number of primary amides is 1. The number of fused-ring (bicyclic) bond motifs is 3. The third-order valence-corrected chi connectivity index (χ3v) is 9.35. The highest BCUT2D eigenvalue weighted by molar-refractivity contribution is 6.24. The van der Waals surface area contributed by atoms with Gasteiger partial charge in [-0.3, -0.25) is 24.2 Å². The van der Waals surface area contributed by atoms with E-state index in [4.69, 9.17) is 10.5 Å². The molecule has 6 rings (SSSR count). The van der Waals surface area contributed by atoms with Crippen molar-refractivity contribution in [3.63, 3.8) is 0 Å². The second kappa shape index (κ2) is 10.6. The zero-order chi connectivity index (χ0) is 30.8. The van der Waals surface area contributed by atoms with Crippen molar-refractivity contribution in [2.24, 2.45) is 17.6 Å². The van der Waals surface area contributed by atoms with Gasteiger partial charge in [0.1, 0.15) is 22.8 Å². The number of phenols is 1. The van der Waals surface area contributed by atoms with Crippen LogP contribution in [0.5, 0.6) is 5.75 Å². The molecule has 0 saturated carbocycles. The SMILES string of the molecule is CN(C)[C@@H]1C(O)=C(C(N)=O)C(=O)[C@@]2(O)C(O)=C3C(=O)c4c(O)ccc(-c5cccc(CN6CCOCC6)c5)c4C[C@H]3C[C@@H]12. The first-order chi connectivity index (χ1) is 20.4. The number of aromatic hydroxyl groups is 1. The number of aliphatic hydroxyl groups excluding tert-OH is 2. The van der Waals surface area contributed by atoms with Gasteiger partial charge in [0.25, 0.3) is 5.91 Å². The van der Waals surface area contributed by atoms with E-state index in [1.165, 1.54) is 11.0 Å². The molecule has 4 atom stereocenters. The summed E-state index contributed by atoms with van der Waals surface area (Å²) in [6, 6.07) is 10.2. The van der Waals surface area contributed by atoms with Gasteiger partial charge in [-0.25, -0.2) is 0 Å². The Bertz CT molecular complexity index is 1610. The van der Waals surface area contributed by atoms with Crippen LogP contribution >= 0.6 is 0 Å². The molecule has 1 heterocycles. The summed E-state index contributed by atoms with van der Waals surface area (Å²) in [4.78, 5) is 43.5. The Labute approximate surface area is 248 Å². The monoisotopic (exact) mass is 589 g/mol. The highest BCUT2D eigenvalue weighted by atomic mass is 16.5. The van der Waals surface area contributed by atoms with E-state index in [0.29, 0.717) is 18.8 Å². The molecule has 0 aromatic heterocycles. The minimum absolute atomic E-state index is 0.00290. The lowest BCUT2D eigenvalue weighted by molar-refractivity contribution is -0.148. The summed E-state index contributed by atoms with van der Waals surface area (Å²) >= 11 is 0. The standard InChI is InChI=1S/C32H35N3O8/c1-34(2)26-21-14-18-13-20-19(17-5-3-4-16(12-17)15-35-8-10-43-11-9-35)6-7-22(36)24(20)27(37)23(18)29(39)32(21,42)30(40)25(28(26)38)31(33)41/h3-7,12,18,21,26,36,38-39,42H,8-11,13-15H2,1-2H3,(H2,33,41)/t18-,21-,26-,32-/m0/s1. The zero-order valence-corrected chi connectivity index (χ0v) is 24.0. The average Bonchev–Trinajstić information content (AvgIpc) is 2.95. The number of ether oxygens (including phenoxy) is 1. The summed E-state index contributed by atoms with van der Waals surface area (Å²) in [6.45, 7) is 3.78. The van der Waals surface area contributed by atoms with Gasteiger partial charge in [-0.05, 0) is 67.2 Å². The maximum Gasteiger partial charge on any atom is 0.255 e. The van der Waals surface area contributed by atoms with Crippen LogP contribution in [0.15, 0.2) is 59.1 Å². The molecule has 11 nitrogen and oxygen atoms in total. The molecular formula is C32H35N3O8. The number of carbonyl (C=O) groups is 3. The van der Waals surface area contributed by atoms with Crippen LogP contribution in [-0.2, 0) is 27.3 Å². The van der Waals surface area contributed by atoms with Crippen molar-refractivity contribution < 1.29 is 39.5 Å². The van der Waals surface area contributed by atoms with E-state index >= 15 is 0 Å². The van der Waals surface area contributed by atoms with Crippen molar-refractivity contribution >= 4 is 17.5 Å². The Hall–Kier alpha value is -4.03. The van der Waals surface area contributed by atoms with E-state index in [9.17, 15) is 34.8 Å². The number of likely N-dealkylation sites (N-methyl/N-ethyl adjacent to an activating group) is 1. The maximum absolute atomic E-state index is 14.0. The number of nitrogens with zero attached hydrogens (tertiary/aromatic N) is 2. The first kappa shape index (κ1) is 29.1. The Morgan fingerprint density at radius 2 is 1.84 bits per heavy atom. The summed E-state index contributed by atoms with van der Waals surface area (Å²) < 4.78 is 5.46. The van der Waals surface area contributed by atoms with Crippen molar-refractivity contribution in [3.05, 3.63) is 75.8 Å².